The average Bonchev–Trinajstić information content (AvgIpc) is 2.99. The fourth-order valence-corrected chi connectivity index (χ4v) is 6.97. The van der Waals surface area contributed by atoms with E-state index in [0.717, 1.165) is 19.3 Å². The molecule has 0 heterocycles. The smallest absolute Gasteiger partial charge is 0.273 e. The predicted octanol–water partition coefficient (Wildman–Crippen LogP) is 11.5. The predicted molar refractivity (Wildman–Crippen MR) is 188 cm³/mol. The maximum atomic E-state index is 10.7. The summed E-state index contributed by atoms with van der Waals surface area (Å²) >= 11 is 0. The normalized spacial score (nSPS) is 12.0. The van der Waals surface area contributed by atoms with E-state index in [1.54, 1.807) is 16.7 Å². The molecule has 0 aliphatic rings. The van der Waals surface area contributed by atoms with E-state index in [-0.39, 0.29) is 0 Å². The highest BCUT2D eigenvalue weighted by molar-refractivity contribution is 7.83. The quantitative estimate of drug-likeness (QED) is 0.0739. The van der Waals surface area contributed by atoms with Gasteiger partial charge in [0.25, 0.3) is 0 Å². The van der Waals surface area contributed by atoms with Crippen LogP contribution in [0.25, 0.3) is 10.8 Å². The van der Waals surface area contributed by atoms with E-state index in [9.17, 15) is 8.42 Å². The molecule has 0 radical (unpaired) electrons. The largest absolute Gasteiger partial charge is 0.333 e. The van der Waals surface area contributed by atoms with Crippen molar-refractivity contribution in [2.75, 3.05) is 6.54 Å². The lowest BCUT2D eigenvalue weighted by Crippen LogP contribution is -2.23. The van der Waals surface area contributed by atoms with Gasteiger partial charge in [0.2, 0.25) is 0 Å². The van der Waals surface area contributed by atoms with Crippen LogP contribution in [0.4, 0.5) is 0 Å². The first-order valence-corrected chi connectivity index (χ1v) is 19.6. The number of fused-ring (bicyclic) bond motifs is 1. The minimum absolute atomic E-state index is 0.325. The Morgan fingerprint density at radius 1 is 0.558 bits per heavy atom. The molecule has 43 heavy (non-hydrogen) atoms. The van der Waals surface area contributed by atoms with Gasteiger partial charge in [0.05, 0.1) is 0 Å². The maximum absolute atomic E-state index is 10.7. The molecular formula is C38H65NO3S. The van der Waals surface area contributed by atoms with E-state index >= 15 is 0 Å². The van der Waals surface area contributed by atoms with Gasteiger partial charge in [-0.05, 0) is 72.4 Å². The number of aryl methyl sites for hydroxylation is 2. The zero-order chi connectivity index (χ0) is 31.0. The molecule has 246 valence electrons. The number of benzene rings is 2. The highest BCUT2D eigenvalue weighted by Gasteiger charge is 2.14. The molecule has 0 fully saturated rings. The molecule has 0 saturated carbocycles. The van der Waals surface area contributed by atoms with E-state index in [2.05, 4.69) is 48.9 Å². The Labute approximate surface area is 266 Å². The minimum atomic E-state index is -4.05. The number of hydrogen-bond acceptors (Lipinski definition) is 2. The first kappa shape index (κ1) is 37.8. The summed E-state index contributed by atoms with van der Waals surface area (Å²) in [7, 11) is -4.05. The van der Waals surface area contributed by atoms with Gasteiger partial charge in [0.1, 0.15) is 0 Å². The molecule has 2 rings (SSSR count). The lowest BCUT2D eigenvalue weighted by Gasteiger charge is -2.19. The van der Waals surface area contributed by atoms with Crippen LogP contribution >= 0.6 is 0 Å². The van der Waals surface area contributed by atoms with Crippen LogP contribution in [-0.4, -0.2) is 19.5 Å². The maximum Gasteiger partial charge on any atom is 0.333 e. The van der Waals surface area contributed by atoms with Gasteiger partial charge in [0, 0.05) is 6.54 Å². The number of unbranched alkanes of at least 4 members (excludes halogenated alkanes) is 19. The van der Waals surface area contributed by atoms with Crippen molar-refractivity contribution in [3.63, 3.8) is 0 Å². The van der Waals surface area contributed by atoms with E-state index < -0.39 is 10.3 Å². The standard InChI is InChI=1S/C38H65NO3S/c1-3-5-7-9-13-17-21-27-34-33-35-28-24-25-30-37(35)38(36(34)29-22-18-14-10-8-6-4-2)31-23-19-15-11-12-16-20-26-32-39-43(40,41)42/h24-25,28,30,33,39H,3-23,26-27,29,31-32H2,1-2H3,(H,40,41,42). The van der Waals surface area contributed by atoms with E-state index in [4.69, 9.17) is 4.55 Å². The Balaban J connectivity index is 1.94. The lowest BCUT2D eigenvalue weighted by molar-refractivity contribution is 0.464. The van der Waals surface area contributed by atoms with Crippen molar-refractivity contribution in [1.29, 1.82) is 0 Å². The molecule has 5 heteroatoms. The molecule has 2 N–H and O–H groups in total. The SMILES string of the molecule is CCCCCCCCCc1cc2ccccc2c(CCCCCCCCCCNS(=O)(=O)O)c1CCCCCCCCC. The topological polar surface area (TPSA) is 66.4 Å². The Bertz CT molecular complexity index is 1080. The summed E-state index contributed by atoms with van der Waals surface area (Å²) in [5.74, 6) is 0. The number of hydrogen-bond donors (Lipinski definition) is 2. The molecular weight excluding hydrogens is 550 g/mol. The highest BCUT2D eigenvalue weighted by atomic mass is 32.2. The fraction of sp³-hybridized carbons (Fsp3) is 0.737. The fourth-order valence-electron chi connectivity index (χ4n) is 6.57. The zero-order valence-electron chi connectivity index (χ0n) is 27.9. The monoisotopic (exact) mass is 615 g/mol. The van der Waals surface area contributed by atoms with Crippen LogP contribution in [0.15, 0.2) is 30.3 Å². The van der Waals surface area contributed by atoms with E-state index in [1.807, 2.05) is 0 Å². The lowest BCUT2D eigenvalue weighted by atomic mass is 9.86. The van der Waals surface area contributed by atoms with Crippen molar-refractivity contribution >= 4 is 21.1 Å². The molecule has 0 saturated heterocycles. The second kappa shape index (κ2) is 23.9. The highest BCUT2D eigenvalue weighted by Crippen LogP contribution is 2.31. The summed E-state index contributed by atoms with van der Waals surface area (Å²) < 4.78 is 32.4. The molecule has 0 spiro atoms. The summed E-state index contributed by atoms with van der Waals surface area (Å²) in [5.41, 5.74) is 4.97. The summed E-state index contributed by atoms with van der Waals surface area (Å²) in [5, 5.41) is 2.92. The van der Waals surface area contributed by atoms with Gasteiger partial charge in [0.15, 0.2) is 0 Å². The van der Waals surface area contributed by atoms with Gasteiger partial charge in [-0.1, -0.05) is 160 Å². The third-order valence-corrected chi connectivity index (χ3v) is 9.65. The van der Waals surface area contributed by atoms with Gasteiger partial charge in [-0.3, -0.25) is 4.55 Å². The molecule has 0 aromatic heterocycles. The Morgan fingerprint density at radius 3 is 1.53 bits per heavy atom. The van der Waals surface area contributed by atoms with Crippen LogP contribution in [0, 0.1) is 0 Å². The van der Waals surface area contributed by atoms with Gasteiger partial charge >= 0.3 is 10.3 Å². The number of nitrogens with one attached hydrogen (secondary N) is 1. The second-order valence-corrected chi connectivity index (χ2v) is 14.1. The summed E-state index contributed by atoms with van der Waals surface area (Å²) in [4.78, 5) is 0. The van der Waals surface area contributed by atoms with Crippen molar-refractivity contribution in [3.05, 3.63) is 47.0 Å². The van der Waals surface area contributed by atoms with Crippen molar-refractivity contribution in [2.45, 2.75) is 174 Å². The Hall–Kier alpha value is -1.43. The first-order valence-electron chi connectivity index (χ1n) is 18.2. The minimum Gasteiger partial charge on any atom is -0.273 e. The van der Waals surface area contributed by atoms with E-state index in [0.29, 0.717) is 6.54 Å². The first-order chi connectivity index (χ1) is 21.0. The molecule has 2 aromatic rings. The zero-order valence-corrected chi connectivity index (χ0v) is 28.8. The Morgan fingerprint density at radius 2 is 1.00 bits per heavy atom. The molecule has 0 aliphatic carbocycles. The van der Waals surface area contributed by atoms with Gasteiger partial charge in [-0.25, -0.2) is 0 Å². The summed E-state index contributed by atoms with van der Waals surface area (Å²) in [6, 6.07) is 11.7. The van der Waals surface area contributed by atoms with Crippen LogP contribution in [0.3, 0.4) is 0 Å². The number of rotatable bonds is 28. The van der Waals surface area contributed by atoms with Crippen LogP contribution in [0.1, 0.15) is 172 Å². The summed E-state index contributed by atoms with van der Waals surface area (Å²) in [6.45, 7) is 4.92. The van der Waals surface area contributed by atoms with Crippen LogP contribution in [-0.2, 0) is 29.6 Å². The molecule has 4 nitrogen and oxygen atoms in total. The van der Waals surface area contributed by atoms with Crippen molar-refractivity contribution in [1.82, 2.24) is 4.72 Å². The average molecular weight is 616 g/mol. The van der Waals surface area contributed by atoms with Gasteiger partial charge in [-0.2, -0.15) is 13.1 Å². The molecule has 2 aromatic carbocycles. The van der Waals surface area contributed by atoms with Crippen LogP contribution in [0.2, 0.25) is 0 Å². The van der Waals surface area contributed by atoms with Gasteiger partial charge in [-0.15, -0.1) is 0 Å². The molecule has 0 bridgehead atoms. The molecule has 0 atom stereocenters. The molecule has 0 unspecified atom stereocenters. The van der Waals surface area contributed by atoms with Crippen LogP contribution in [0.5, 0.6) is 0 Å². The third kappa shape index (κ3) is 17.6. The summed E-state index contributed by atoms with van der Waals surface area (Å²) in [6.07, 6.45) is 31.9. The molecule has 0 aliphatic heterocycles. The third-order valence-electron chi connectivity index (χ3n) is 9.09. The van der Waals surface area contributed by atoms with Crippen LogP contribution < -0.4 is 4.72 Å². The van der Waals surface area contributed by atoms with Gasteiger partial charge < -0.3 is 0 Å². The van der Waals surface area contributed by atoms with Crippen molar-refractivity contribution < 1.29 is 13.0 Å². The van der Waals surface area contributed by atoms with E-state index in [1.165, 1.54) is 152 Å². The Kier molecular flexibility index (Phi) is 21.0. The molecule has 0 amide bonds. The van der Waals surface area contributed by atoms with Crippen molar-refractivity contribution in [3.8, 4) is 0 Å². The van der Waals surface area contributed by atoms with Crippen molar-refractivity contribution in [2.24, 2.45) is 0 Å². The second-order valence-electron chi connectivity index (χ2n) is 12.9.